The monoisotopic (exact) mass is 221 g/mol. The highest BCUT2D eigenvalue weighted by Gasteiger charge is 2.31. The molecule has 16 heavy (non-hydrogen) atoms. The molecule has 1 aromatic heterocycles. The first kappa shape index (κ1) is 11.6. The van der Waals surface area contributed by atoms with Crippen molar-refractivity contribution in [2.45, 2.75) is 58.0 Å². The smallest absolute Gasteiger partial charge is 0.0823 e. The lowest BCUT2D eigenvalue weighted by atomic mass is 9.80. The molecule has 0 atom stereocenters. The molecule has 0 saturated heterocycles. The number of hydrogen-bond acceptors (Lipinski definition) is 2. The quantitative estimate of drug-likeness (QED) is 0.852. The fourth-order valence-corrected chi connectivity index (χ4v) is 2.54. The Morgan fingerprint density at radius 2 is 2.06 bits per heavy atom. The molecule has 1 aromatic rings. The van der Waals surface area contributed by atoms with E-state index in [2.05, 4.69) is 31.2 Å². The van der Waals surface area contributed by atoms with Gasteiger partial charge in [-0.1, -0.05) is 33.1 Å². The third-order valence-electron chi connectivity index (χ3n) is 3.45. The summed E-state index contributed by atoms with van der Waals surface area (Å²) in [6.45, 7) is 5.40. The third-order valence-corrected chi connectivity index (χ3v) is 3.45. The van der Waals surface area contributed by atoms with Gasteiger partial charge in [0.1, 0.15) is 0 Å². The Kier molecular flexibility index (Phi) is 3.33. The summed E-state index contributed by atoms with van der Waals surface area (Å²) >= 11 is 0. The fourth-order valence-electron chi connectivity index (χ4n) is 2.54. The van der Waals surface area contributed by atoms with Crippen LogP contribution in [0.5, 0.6) is 0 Å². The van der Waals surface area contributed by atoms with Gasteiger partial charge in [0.15, 0.2) is 0 Å². The van der Waals surface area contributed by atoms with Crippen molar-refractivity contribution in [1.29, 1.82) is 0 Å². The Labute approximate surface area is 98.0 Å². The van der Waals surface area contributed by atoms with Crippen LogP contribution in [0.4, 0.5) is 0 Å². The van der Waals surface area contributed by atoms with Crippen molar-refractivity contribution in [2.75, 3.05) is 0 Å². The number of hydrogen-bond donors (Lipinski definition) is 1. The van der Waals surface area contributed by atoms with Crippen LogP contribution in [-0.4, -0.2) is 9.78 Å². The van der Waals surface area contributed by atoms with Crippen LogP contribution in [0.2, 0.25) is 0 Å². The van der Waals surface area contributed by atoms with Gasteiger partial charge in [-0.2, -0.15) is 5.10 Å². The van der Waals surface area contributed by atoms with E-state index in [4.69, 9.17) is 5.73 Å². The van der Waals surface area contributed by atoms with Gasteiger partial charge in [-0.25, -0.2) is 0 Å². The minimum atomic E-state index is -0.152. The number of aromatic nitrogens is 2. The molecule has 0 radical (unpaired) electrons. The molecular formula is C13H23N3. The summed E-state index contributed by atoms with van der Waals surface area (Å²) in [7, 11) is 0. The minimum Gasteiger partial charge on any atom is -0.320 e. The van der Waals surface area contributed by atoms with E-state index in [9.17, 15) is 0 Å². The first-order valence-electron chi connectivity index (χ1n) is 6.43. The molecular weight excluding hydrogens is 198 g/mol. The maximum Gasteiger partial charge on any atom is 0.0823 e. The Morgan fingerprint density at radius 1 is 1.38 bits per heavy atom. The van der Waals surface area contributed by atoms with Crippen molar-refractivity contribution in [2.24, 2.45) is 11.7 Å². The largest absolute Gasteiger partial charge is 0.320 e. The van der Waals surface area contributed by atoms with Gasteiger partial charge in [-0.05, 0) is 24.8 Å². The molecule has 1 saturated carbocycles. The standard InChI is InChI=1S/C13H23N3/c1-11(2)10-16-9-6-12(15-16)13(14)7-4-3-5-8-13/h6,9,11H,3-5,7-8,10,14H2,1-2H3. The van der Waals surface area contributed by atoms with E-state index in [0.29, 0.717) is 5.92 Å². The van der Waals surface area contributed by atoms with Crippen LogP contribution in [0, 0.1) is 5.92 Å². The van der Waals surface area contributed by atoms with Gasteiger partial charge in [0.05, 0.1) is 11.2 Å². The van der Waals surface area contributed by atoms with Gasteiger partial charge < -0.3 is 5.73 Å². The van der Waals surface area contributed by atoms with E-state index in [1.54, 1.807) is 0 Å². The van der Waals surface area contributed by atoms with E-state index in [-0.39, 0.29) is 5.54 Å². The van der Waals surface area contributed by atoms with Gasteiger partial charge in [-0.3, -0.25) is 4.68 Å². The van der Waals surface area contributed by atoms with E-state index in [1.165, 1.54) is 19.3 Å². The predicted octanol–water partition coefficient (Wildman–Crippen LogP) is 2.66. The summed E-state index contributed by atoms with van der Waals surface area (Å²) in [4.78, 5) is 0. The van der Waals surface area contributed by atoms with Gasteiger partial charge in [-0.15, -0.1) is 0 Å². The van der Waals surface area contributed by atoms with Crippen LogP contribution in [0.1, 0.15) is 51.6 Å². The summed E-state index contributed by atoms with van der Waals surface area (Å²) in [6.07, 6.45) is 8.06. The first-order chi connectivity index (χ1) is 7.60. The Morgan fingerprint density at radius 3 is 2.69 bits per heavy atom. The maximum atomic E-state index is 6.45. The molecule has 90 valence electrons. The highest BCUT2D eigenvalue weighted by Crippen LogP contribution is 2.33. The van der Waals surface area contributed by atoms with Crippen LogP contribution in [0.3, 0.4) is 0 Å². The van der Waals surface area contributed by atoms with Crippen LogP contribution >= 0.6 is 0 Å². The molecule has 0 bridgehead atoms. The van der Waals surface area contributed by atoms with E-state index >= 15 is 0 Å². The molecule has 0 aromatic carbocycles. The number of nitrogens with two attached hydrogens (primary N) is 1. The summed E-state index contributed by atoms with van der Waals surface area (Å²) < 4.78 is 2.03. The number of rotatable bonds is 3. The minimum absolute atomic E-state index is 0.152. The molecule has 1 fully saturated rings. The zero-order chi connectivity index (χ0) is 11.6. The molecule has 0 spiro atoms. The summed E-state index contributed by atoms with van der Waals surface area (Å²) in [5, 5.41) is 4.64. The van der Waals surface area contributed by atoms with Crippen LogP contribution in [0.15, 0.2) is 12.3 Å². The van der Waals surface area contributed by atoms with Crippen molar-refractivity contribution in [1.82, 2.24) is 9.78 Å². The van der Waals surface area contributed by atoms with Crippen molar-refractivity contribution in [3.8, 4) is 0 Å². The summed E-state index contributed by atoms with van der Waals surface area (Å²) in [5.74, 6) is 0.632. The van der Waals surface area contributed by atoms with Crippen molar-refractivity contribution >= 4 is 0 Å². The normalized spacial score (nSPS) is 20.2. The van der Waals surface area contributed by atoms with Crippen LogP contribution in [0.25, 0.3) is 0 Å². The van der Waals surface area contributed by atoms with E-state index in [0.717, 1.165) is 25.1 Å². The molecule has 0 aliphatic heterocycles. The topological polar surface area (TPSA) is 43.8 Å². The lowest BCUT2D eigenvalue weighted by Crippen LogP contribution is -2.39. The van der Waals surface area contributed by atoms with Gasteiger partial charge >= 0.3 is 0 Å². The Bertz CT molecular complexity index is 335. The predicted molar refractivity (Wildman–Crippen MR) is 66.0 cm³/mol. The van der Waals surface area contributed by atoms with E-state index in [1.807, 2.05) is 4.68 Å². The fraction of sp³-hybridized carbons (Fsp3) is 0.769. The number of nitrogens with zero attached hydrogens (tertiary/aromatic N) is 2. The van der Waals surface area contributed by atoms with Crippen LogP contribution in [-0.2, 0) is 12.1 Å². The highest BCUT2D eigenvalue weighted by molar-refractivity contribution is 5.13. The van der Waals surface area contributed by atoms with Gasteiger partial charge in [0.25, 0.3) is 0 Å². The maximum absolute atomic E-state index is 6.45. The van der Waals surface area contributed by atoms with Crippen molar-refractivity contribution in [3.05, 3.63) is 18.0 Å². The second kappa shape index (κ2) is 4.58. The summed E-state index contributed by atoms with van der Waals surface area (Å²) in [5.41, 5.74) is 7.39. The van der Waals surface area contributed by atoms with Gasteiger partial charge in [0.2, 0.25) is 0 Å². The van der Waals surface area contributed by atoms with Gasteiger partial charge in [0, 0.05) is 12.7 Å². The lowest BCUT2D eigenvalue weighted by Gasteiger charge is -2.31. The third kappa shape index (κ3) is 2.46. The highest BCUT2D eigenvalue weighted by atomic mass is 15.3. The van der Waals surface area contributed by atoms with E-state index < -0.39 is 0 Å². The molecule has 3 nitrogen and oxygen atoms in total. The molecule has 1 heterocycles. The first-order valence-corrected chi connectivity index (χ1v) is 6.43. The average molecular weight is 221 g/mol. The molecule has 1 aliphatic rings. The average Bonchev–Trinajstić information content (AvgIpc) is 2.67. The molecule has 3 heteroatoms. The molecule has 0 unspecified atom stereocenters. The van der Waals surface area contributed by atoms with Crippen LogP contribution < -0.4 is 5.73 Å². The zero-order valence-corrected chi connectivity index (χ0v) is 10.4. The van der Waals surface area contributed by atoms with Crippen molar-refractivity contribution in [3.63, 3.8) is 0 Å². The molecule has 2 rings (SSSR count). The SMILES string of the molecule is CC(C)Cn1ccc(C2(N)CCCCC2)n1. The molecule has 0 amide bonds. The summed E-state index contributed by atoms with van der Waals surface area (Å²) in [6, 6.07) is 2.10. The second-order valence-corrected chi connectivity index (χ2v) is 5.53. The molecule has 2 N–H and O–H groups in total. The second-order valence-electron chi connectivity index (χ2n) is 5.53. The van der Waals surface area contributed by atoms with Crippen molar-refractivity contribution < 1.29 is 0 Å². The lowest BCUT2D eigenvalue weighted by molar-refractivity contribution is 0.291. The molecule has 1 aliphatic carbocycles. The Hall–Kier alpha value is -0.830. The zero-order valence-electron chi connectivity index (χ0n) is 10.4. The Balaban J connectivity index is 2.10.